The molecule has 272 valence electrons. The molecule has 0 spiro atoms. The second kappa shape index (κ2) is 16.4. The summed E-state index contributed by atoms with van der Waals surface area (Å²) >= 11 is 6.01. The first-order chi connectivity index (χ1) is 24.8. The van der Waals surface area contributed by atoms with Crippen molar-refractivity contribution in [3.63, 3.8) is 0 Å². The van der Waals surface area contributed by atoms with Crippen LogP contribution in [0.2, 0.25) is 5.02 Å². The molecule has 0 radical (unpaired) electrons. The zero-order valence-electron chi connectivity index (χ0n) is 27.2. The Morgan fingerprint density at radius 3 is 2.15 bits per heavy atom. The molecule has 0 unspecified atom stereocenters. The summed E-state index contributed by atoms with van der Waals surface area (Å²) in [5.41, 5.74) is 1.52. The van der Waals surface area contributed by atoms with Crippen molar-refractivity contribution in [3.8, 4) is 6.01 Å². The van der Waals surface area contributed by atoms with Gasteiger partial charge in [0.15, 0.2) is 6.61 Å². The van der Waals surface area contributed by atoms with Crippen LogP contribution in [-0.4, -0.2) is 69.1 Å². The first kappa shape index (κ1) is 37.3. The van der Waals surface area contributed by atoms with Crippen molar-refractivity contribution in [3.05, 3.63) is 101 Å². The highest BCUT2D eigenvalue weighted by atomic mass is 35.5. The van der Waals surface area contributed by atoms with Crippen LogP contribution in [0, 0.1) is 0 Å². The smallest absolute Gasteiger partial charge is 0.422 e. The Morgan fingerprint density at radius 1 is 0.865 bits per heavy atom. The molecule has 1 fully saturated rings. The Kier molecular flexibility index (Phi) is 11.7. The van der Waals surface area contributed by atoms with E-state index in [-0.39, 0.29) is 37.0 Å². The molecule has 52 heavy (non-hydrogen) atoms. The largest absolute Gasteiger partial charge is 0.480 e. The van der Waals surface area contributed by atoms with E-state index in [1.54, 1.807) is 36.4 Å². The van der Waals surface area contributed by atoms with Crippen molar-refractivity contribution in [1.82, 2.24) is 30.9 Å². The van der Waals surface area contributed by atoms with Gasteiger partial charge in [-0.3, -0.25) is 14.4 Å². The molecule has 6 N–H and O–H groups in total. The molecule has 5 rings (SSSR count). The highest BCUT2D eigenvalue weighted by Gasteiger charge is 2.45. The highest BCUT2D eigenvalue weighted by molar-refractivity contribution is 6.35. The molecule has 1 heterocycles. The van der Waals surface area contributed by atoms with E-state index in [2.05, 4.69) is 41.5 Å². The number of aromatic nitrogens is 3. The molecule has 1 aliphatic carbocycles. The predicted octanol–water partition coefficient (Wildman–Crippen LogP) is 4.32. The third-order valence-electron chi connectivity index (χ3n) is 7.71. The first-order valence-electron chi connectivity index (χ1n) is 15.8. The lowest BCUT2D eigenvalue weighted by Gasteiger charge is -2.19. The van der Waals surface area contributed by atoms with Crippen molar-refractivity contribution < 1.29 is 42.2 Å². The summed E-state index contributed by atoms with van der Waals surface area (Å²) in [6, 6.07) is 19.7. The van der Waals surface area contributed by atoms with Crippen LogP contribution in [0.3, 0.4) is 0 Å². The average molecular weight is 741 g/mol. The summed E-state index contributed by atoms with van der Waals surface area (Å²) in [5, 5.41) is 23.3. The lowest BCUT2D eigenvalue weighted by Crippen LogP contribution is -2.45. The minimum Gasteiger partial charge on any atom is -0.480 e. The molecule has 4 aromatic rings. The van der Waals surface area contributed by atoms with Gasteiger partial charge in [-0.15, -0.1) is 0 Å². The number of anilines is 3. The van der Waals surface area contributed by atoms with E-state index in [4.69, 9.17) is 16.3 Å². The molecule has 1 atom stereocenters. The van der Waals surface area contributed by atoms with Crippen molar-refractivity contribution in [2.24, 2.45) is 0 Å². The summed E-state index contributed by atoms with van der Waals surface area (Å²) in [5.74, 6) is -4.14. The number of carbonyl (C=O) groups is 4. The second-order valence-corrected chi connectivity index (χ2v) is 12.1. The number of amides is 3. The van der Waals surface area contributed by atoms with Crippen LogP contribution in [-0.2, 0) is 26.5 Å². The Labute approximate surface area is 299 Å². The van der Waals surface area contributed by atoms with E-state index in [0.29, 0.717) is 23.6 Å². The highest BCUT2D eigenvalue weighted by Crippen LogP contribution is 2.48. The topological polar surface area (TPSA) is 197 Å². The van der Waals surface area contributed by atoms with Gasteiger partial charge in [0.1, 0.15) is 6.04 Å². The second-order valence-electron chi connectivity index (χ2n) is 11.7. The number of benzene rings is 3. The zero-order valence-corrected chi connectivity index (χ0v) is 27.9. The Balaban J connectivity index is 1.18. The fourth-order valence-electron chi connectivity index (χ4n) is 4.87. The lowest BCUT2D eigenvalue weighted by atomic mass is 10.1. The molecule has 18 heteroatoms. The number of carboxylic acid groups (broad SMARTS) is 1. The predicted molar refractivity (Wildman–Crippen MR) is 182 cm³/mol. The number of hydrogen-bond acceptors (Lipinski definition) is 10. The maximum atomic E-state index is 12.9. The number of nitrogens with one attached hydrogen (secondary N) is 5. The van der Waals surface area contributed by atoms with Crippen LogP contribution in [0.4, 0.5) is 30.8 Å². The van der Waals surface area contributed by atoms with Crippen LogP contribution in [0.25, 0.3) is 0 Å². The Bertz CT molecular complexity index is 1900. The van der Waals surface area contributed by atoms with E-state index in [0.717, 1.165) is 11.1 Å². The summed E-state index contributed by atoms with van der Waals surface area (Å²) in [6.07, 6.45) is -3.45. The van der Waals surface area contributed by atoms with Gasteiger partial charge in [0, 0.05) is 29.4 Å². The van der Waals surface area contributed by atoms with Gasteiger partial charge in [-0.2, -0.15) is 28.1 Å². The van der Waals surface area contributed by atoms with Crippen molar-refractivity contribution in [1.29, 1.82) is 0 Å². The van der Waals surface area contributed by atoms with Crippen LogP contribution in [0.15, 0.2) is 78.9 Å². The van der Waals surface area contributed by atoms with Gasteiger partial charge in [-0.05, 0) is 66.8 Å². The molecule has 0 saturated heterocycles. The van der Waals surface area contributed by atoms with Crippen molar-refractivity contribution >= 4 is 52.9 Å². The summed E-state index contributed by atoms with van der Waals surface area (Å²) in [4.78, 5) is 61.2. The van der Waals surface area contributed by atoms with Crippen LogP contribution >= 0.6 is 11.6 Å². The fraction of sp³-hybridized carbons (Fsp3) is 0.265. The van der Waals surface area contributed by atoms with Crippen molar-refractivity contribution in [2.75, 3.05) is 23.8 Å². The van der Waals surface area contributed by atoms with Gasteiger partial charge in [0.25, 0.3) is 5.91 Å². The lowest BCUT2D eigenvalue weighted by molar-refractivity contribution is -0.154. The maximum Gasteiger partial charge on any atom is 0.422 e. The van der Waals surface area contributed by atoms with Gasteiger partial charge in [-0.1, -0.05) is 54.1 Å². The molecule has 0 bridgehead atoms. The first-order valence-corrected chi connectivity index (χ1v) is 16.2. The van der Waals surface area contributed by atoms with Crippen LogP contribution in [0.5, 0.6) is 6.01 Å². The molecule has 1 aromatic heterocycles. The van der Waals surface area contributed by atoms with Gasteiger partial charge >= 0.3 is 30.0 Å². The molecule has 14 nitrogen and oxygen atoms in total. The number of alkyl halides is 3. The number of halogens is 4. The third kappa shape index (κ3) is 10.8. The van der Waals surface area contributed by atoms with E-state index in [9.17, 15) is 37.5 Å². The van der Waals surface area contributed by atoms with Gasteiger partial charge < -0.3 is 36.4 Å². The molecule has 1 saturated carbocycles. The Morgan fingerprint density at radius 2 is 1.52 bits per heavy atom. The Hall–Kier alpha value is -5.97. The van der Waals surface area contributed by atoms with E-state index < -0.39 is 54.1 Å². The summed E-state index contributed by atoms with van der Waals surface area (Å²) in [6.45, 7) is -1.71. The zero-order chi connectivity index (χ0) is 37.3. The van der Waals surface area contributed by atoms with Gasteiger partial charge in [-0.25, -0.2) is 4.79 Å². The van der Waals surface area contributed by atoms with Crippen LogP contribution in [0.1, 0.15) is 40.7 Å². The number of rotatable bonds is 15. The number of ether oxygens (including phenoxy) is 1. The summed E-state index contributed by atoms with van der Waals surface area (Å²) < 4.78 is 43.5. The van der Waals surface area contributed by atoms with Gasteiger partial charge in [0.2, 0.25) is 11.9 Å². The molecule has 0 aliphatic heterocycles. The maximum absolute atomic E-state index is 12.9. The van der Waals surface area contributed by atoms with Gasteiger partial charge in [0.05, 0.1) is 5.54 Å². The van der Waals surface area contributed by atoms with Crippen molar-refractivity contribution in [2.45, 2.75) is 43.6 Å². The molecular formula is C34H32ClF3N8O6. The number of carbonyl (C=O) groups excluding carboxylic acids is 3. The number of nitrogens with zero attached hydrogens (tertiary/aromatic N) is 3. The van der Waals surface area contributed by atoms with E-state index >= 15 is 0 Å². The fourth-order valence-corrected chi connectivity index (χ4v) is 5.00. The summed E-state index contributed by atoms with van der Waals surface area (Å²) in [7, 11) is 0. The van der Waals surface area contributed by atoms with Crippen LogP contribution < -0.4 is 31.3 Å². The third-order valence-corrected chi connectivity index (χ3v) is 7.96. The van der Waals surface area contributed by atoms with E-state index in [1.807, 2.05) is 18.2 Å². The minimum absolute atomic E-state index is 0.0400. The molecule has 1 aliphatic rings. The minimum atomic E-state index is -4.64. The molecular weight excluding hydrogens is 709 g/mol. The average Bonchev–Trinajstić information content (AvgIpc) is 3.90. The monoisotopic (exact) mass is 740 g/mol. The molecule has 3 aromatic carbocycles. The SMILES string of the molecule is O=C(NCC[C@H](NC(=O)c1ccc(Nc2nc(NC3(c4ccc(Cl)cc4)CC3)nc(OCC(F)(F)F)n2)cc1)C(=O)O)C(=O)NCc1ccccc1. The number of hydrogen-bond donors (Lipinski definition) is 6. The normalized spacial score (nSPS) is 13.6. The number of aliphatic carboxylic acids is 1. The van der Waals surface area contributed by atoms with E-state index in [1.165, 1.54) is 24.3 Å². The number of carboxylic acids is 1. The quantitative estimate of drug-likeness (QED) is 0.0951. The molecule has 3 amide bonds. The standard InChI is InChI=1S/C34H32ClF3N8O6/c35-23-10-8-22(9-11-23)33(15-16-33)46-31-43-30(44-32(45-31)52-19-34(36,37)38)41-24-12-6-21(7-13-24)26(47)42-25(29(50)51)14-17-39-27(48)28(49)40-18-20-4-2-1-3-5-20/h1-13,25H,14-19H2,(H,39,48)(H,40,49)(H,42,47)(H,50,51)(H2,41,43,44,45,46)/t25-/m0/s1.